The molecule has 0 bridgehead atoms. The van der Waals surface area contributed by atoms with Crippen molar-refractivity contribution >= 4 is 5.91 Å². The predicted octanol–water partition coefficient (Wildman–Crippen LogP) is 3.59. The molecule has 0 radical (unpaired) electrons. The molecular formula is C20H28N4O. The number of aromatic nitrogens is 3. The summed E-state index contributed by atoms with van der Waals surface area (Å²) in [6.45, 7) is 6.02. The van der Waals surface area contributed by atoms with Gasteiger partial charge in [0.15, 0.2) is 0 Å². The zero-order valence-corrected chi connectivity index (χ0v) is 15.3. The maximum atomic E-state index is 12.6. The van der Waals surface area contributed by atoms with Crippen LogP contribution < -0.4 is 0 Å². The summed E-state index contributed by atoms with van der Waals surface area (Å²) < 4.78 is 2.28. The Morgan fingerprint density at radius 3 is 2.92 bits per heavy atom. The molecule has 0 spiro atoms. The van der Waals surface area contributed by atoms with Gasteiger partial charge in [0, 0.05) is 49.7 Å². The van der Waals surface area contributed by atoms with Crippen LogP contribution in [0.15, 0.2) is 36.8 Å². The number of pyridine rings is 1. The summed E-state index contributed by atoms with van der Waals surface area (Å²) in [5.74, 6) is 1.79. The van der Waals surface area contributed by atoms with Crippen molar-refractivity contribution in [2.75, 3.05) is 13.1 Å². The molecule has 1 saturated heterocycles. The van der Waals surface area contributed by atoms with Crippen molar-refractivity contribution in [2.24, 2.45) is 0 Å². The second-order valence-electron chi connectivity index (χ2n) is 7.16. The molecule has 25 heavy (non-hydrogen) atoms. The molecular weight excluding hydrogens is 312 g/mol. The molecule has 0 aromatic carbocycles. The number of carbonyl (C=O) groups is 1. The van der Waals surface area contributed by atoms with Gasteiger partial charge >= 0.3 is 0 Å². The molecule has 2 aromatic rings. The van der Waals surface area contributed by atoms with E-state index >= 15 is 0 Å². The van der Waals surface area contributed by atoms with Crippen molar-refractivity contribution in [3.63, 3.8) is 0 Å². The summed E-state index contributed by atoms with van der Waals surface area (Å²) >= 11 is 0. The molecule has 1 atom stereocenters. The van der Waals surface area contributed by atoms with Gasteiger partial charge < -0.3 is 9.47 Å². The van der Waals surface area contributed by atoms with Crippen LogP contribution in [0.1, 0.15) is 63.0 Å². The normalized spacial score (nSPS) is 17.9. The molecule has 1 fully saturated rings. The molecule has 3 rings (SSSR count). The molecule has 2 aromatic heterocycles. The lowest BCUT2D eigenvalue weighted by Crippen LogP contribution is -2.41. The molecule has 0 N–H and O–H groups in total. The number of hydrogen-bond acceptors (Lipinski definition) is 3. The molecule has 1 aliphatic heterocycles. The average molecular weight is 340 g/mol. The molecule has 1 unspecified atom stereocenters. The van der Waals surface area contributed by atoms with E-state index in [0.717, 1.165) is 50.3 Å². The highest BCUT2D eigenvalue weighted by atomic mass is 16.2. The third-order valence-corrected chi connectivity index (χ3v) is 4.91. The monoisotopic (exact) mass is 340 g/mol. The number of piperidine rings is 1. The van der Waals surface area contributed by atoms with Crippen LogP contribution in [0.5, 0.6) is 0 Å². The topological polar surface area (TPSA) is 51.0 Å². The van der Waals surface area contributed by atoms with Gasteiger partial charge in [0.2, 0.25) is 5.91 Å². The van der Waals surface area contributed by atoms with Gasteiger partial charge in [-0.05, 0) is 37.8 Å². The summed E-state index contributed by atoms with van der Waals surface area (Å²) in [5, 5.41) is 0. The summed E-state index contributed by atoms with van der Waals surface area (Å²) in [5.41, 5.74) is 1.06. The number of nitrogens with zero attached hydrogens (tertiary/aromatic N) is 4. The minimum Gasteiger partial charge on any atom is -0.341 e. The molecule has 0 saturated carbocycles. The van der Waals surface area contributed by atoms with Crippen LogP contribution in [0.2, 0.25) is 0 Å². The van der Waals surface area contributed by atoms with Crippen molar-refractivity contribution in [1.82, 2.24) is 19.4 Å². The van der Waals surface area contributed by atoms with Crippen molar-refractivity contribution in [3.8, 4) is 0 Å². The van der Waals surface area contributed by atoms with Crippen LogP contribution >= 0.6 is 0 Å². The van der Waals surface area contributed by atoms with Crippen LogP contribution in [0.4, 0.5) is 0 Å². The van der Waals surface area contributed by atoms with Crippen LogP contribution in [0, 0.1) is 0 Å². The standard InChI is InChI=1S/C20H28N4O/c1-16(2)20-22-12-14-24(20)18-9-6-13-23(15-18)19(25)10-5-8-17-7-3-4-11-21-17/h3-4,7,11-12,14,16,18H,5-6,8-10,13,15H2,1-2H3. The highest BCUT2D eigenvalue weighted by molar-refractivity contribution is 5.76. The van der Waals surface area contributed by atoms with Crippen molar-refractivity contribution in [3.05, 3.63) is 48.3 Å². The first-order valence-corrected chi connectivity index (χ1v) is 9.35. The lowest BCUT2D eigenvalue weighted by molar-refractivity contribution is -0.132. The number of imidazole rings is 1. The first-order valence-electron chi connectivity index (χ1n) is 9.35. The zero-order valence-electron chi connectivity index (χ0n) is 15.3. The maximum Gasteiger partial charge on any atom is 0.222 e. The molecule has 5 nitrogen and oxygen atoms in total. The van der Waals surface area contributed by atoms with Gasteiger partial charge in [0.05, 0.1) is 6.04 Å². The molecule has 3 heterocycles. The Morgan fingerprint density at radius 2 is 2.16 bits per heavy atom. The predicted molar refractivity (Wildman–Crippen MR) is 98.3 cm³/mol. The molecule has 134 valence electrons. The van der Waals surface area contributed by atoms with E-state index < -0.39 is 0 Å². The summed E-state index contributed by atoms with van der Waals surface area (Å²) in [6.07, 6.45) is 10.3. The number of amides is 1. The van der Waals surface area contributed by atoms with E-state index in [1.165, 1.54) is 0 Å². The van der Waals surface area contributed by atoms with E-state index in [9.17, 15) is 4.79 Å². The van der Waals surface area contributed by atoms with Crippen molar-refractivity contribution < 1.29 is 4.79 Å². The number of rotatable bonds is 6. The average Bonchev–Trinajstić information content (AvgIpc) is 3.13. The van der Waals surface area contributed by atoms with Gasteiger partial charge in [-0.2, -0.15) is 0 Å². The van der Waals surface area contributed by atoms with Gasteiger partial charge in [-0.1, -0.05) is 19.9 Å². The van der Waals surface area contributed by atoms with Crippen LogP contribution in [0.25, 0.3) is 0 Å². The van der Waals surface area contributed by atoms with Gasteiger partial charge in [0.25, 0.3) is 0 Å². The largest absolute Gasteiger partial charge is 0.341 e. The van der Waals surface area contributed by atoms with Gasteiger partial charge in [0.1, 0.15) is 5.82 Å². The molecule has 0 aliphatic carbocycles. The number of hydrogen-bond donors (Lipinski definition) is 0. The first kappa shape index (κ1) is 17.6. The Kier molecular flexibility index (Phi) is 5.84. The Bertz CT molecular complexity index is 680. The quantitative estimate of drug-likeness (QED) is 0.807. The SMILES string of the molecule is CC(C)c1nccn1C1CCCN(C(=O)CCCc2ccccn2)C1. The lowest BCUT2D eigenvalue weighted by atomic mass is 10.0. The number of likely N-dealkylation sites (tertiary alicyclic amines) is 1. The van der Waals surface area contributed by atoms with E-state index in [1.54, 1.807) is 0 Å². The van der Waals surface area contributed by atoms with Crippen LogP contribution in [-0.2, 0) is 11.2 Å². The fourth-order valence-corrected chi connectivity index (χ4v) is 3.61. The van der Waals surface area contributed by atoms with E-state index in [0.29, 0.717) is 18.4 Å². The highest BCUT2D eigenvalue weighted by Crippen LogP contribution is 2.26. The molecule has 5 heteroatoms. The highest BCUT2D eigenvalue weighted by Gasteiger charge is 2.26. The van der Waals surface area contributed by atoms with Gasteiger partial charge in [-0.3, -0.25) is 9.78 Å². The Balaban J connectivity index is 1.54. The van der Waals surface area contributed by atoms with Crippen molar-refractivity contribution in [2.45, 2.75) is 57.9 Å². The Morgan fingerprint density at radius 1 is 1.28 bits per heavy atom. The summed E-state index contributed by atoms with van der Waals surface area (Å²) in [6, 6.07) is 6.29. The second kappa shape index (κ2) is 8.28. The van der Waals surface area contributed by atoms with Gasteiger partial charge in [-0.15, -0.1) is 0 Å². The minimum absolute atomic E-state index is 0.270. The molecule has 1 aliphatic rings. The van der Waals surface area contributed by atoms with Crippen LogP contribution in [-0.4, -0.2) is 38.4 Å². The maximum absolute atomic E-state index is 12.6. The second-order valence-corrected chi connectivity index (χ2v) is 7.16. The zero-order chi connectivity index (χ0) is 17.6. The first-order chi connectivity index (χ1) is 12.1. The number of aryl methyl sites for hydroxylation is 1. The van der Waals surface area contributed by atoms with E-state index in [2.05, 4.69) is 34.6 Å². The lowest BCUT2D eigenvalue weighted by Gasteiger charge is -2.34. The number of carbonyl (C=O) groups excluding carboxylic acids is 1. The third-order valence-electron chi connectivity index (χ3n) is 4.91. The van der Waals surface area contributed by atoms with E-state index in [4.69, 9.17) is 0 Å². The smallest absolute Gasteiger partial charge is 0.222 e. The summed E-state index contributed by atoms with van der Waals surface area (Å²) in [4.78, 5) is 23.5. The summed E-state index contributed by atoms with van der Waals surface area (Å²) in [7, 11) is 0. The minimum atomic E-state index is 0.270. The van der Waals surface area contributed by atoms with E-state index in [-0.39, 0.29) is 5.91 Å². The van der Waals surface area contributed by atoms with Gasteiger partial charge in [-0.25, -0.2) is 4.98 Å². The Labute approximate surface area is 150 Å². The van der Waals surface area contributed by atoms with Crippen LogP contribution in [0.3, 0.4) is 0 Å². The van der Waals surface area contributed by atoms with E-state index in [1.807, 2.05) is 35.5 Å². The fourth-order valence-electron chi connectivity index (χ4n) is 3.61. The van der Waals surface area contributed by atoms with Crippen molar-refractivity contribution in [1.29, 1.82) is 0 Å². The fraction of sp³-hybridized carbons (Fsp3) is 0.550. The Hall–Kier alpha value is -2.17. The molecule has 1 amide bonds. The third kappa shape index (κ3) is 4.47.